The molecule has 0 saturated heterocycles. The van der Waals surface area contributed by atoms with E-state index in [4.69, 9.17) is 9.84 Å². The Kier molecular flexibility index (Phi) is 7.02. The number of hydrogen-bond donors (Lipinski definition) is 1. The number of phenols is 1. The van der Waals surface area contributed by atoms with Crippen molar-refractivity contribution < 1.29 is 29.5 Å². The van der Waals surface area contributed by atoms with Gasteiger partial charge in [-0.25, -0.2) is 0 Å². The highest BCUT2D eigenvalue weighted by Crippen LogP contribution is 2.31. The first kappa shape index (κ1) is 21.4. The molecule has 0 amide bonds. The molecule has 2 aromatic carbocycles. The molecule has 28 heavy (non-hydrogen) atoms. The van der Waals surface area contributed by atoms with E-state index in [0.29, 0.717) is 6.07 Å². The van der Waals surface area contributed by atoms with Crippen LogP contribution in [0.15, 0.2) is 49.2 Å². The topological polar surface area (TPSA) is 202 Å². The van der Waals surface area contributed by atoms with Crippen molar-refractivity contribution in [3.63, 3.8) is 0 Å². The van der Waals surface area contributed by atoms with Crippen molar-refractivity contribution in [2.75, 3.05) is 0 Å². The number of nitro groups is 4. The standard InChI is InChI=1S/C8H6N2O5.C6H4N2O5/c1-2-15-8-4-3-6(9(11)12)5-7(8)10(13)14;9-6-2-1-4(7(10)11)3-5(6)8(12)13/h2-5H,1H2;1-3,9H. The molecule has 0 aromatic heterocycles. The van der Waals surface area contributed by atoms with Gasteiger partial charge in [0.2, 0.25) is 5.75 Å². The van der Waals surface area contributed by atoms with Gasteiger partial charge >= 0.3 is 11.4 Å². The van der Waals surface area contributed by atoms with Gasteiger partial charge in [0.1, 0.15) is 0 Å². The Bertz CT molecular complexity index is 959. The molecule has 0 spiro atoms. The zero-order valence-corrected chi connectivity index (χ0v) is 13.7. The summed E-state index contributed by atoms with van der Waals surface area (Å²) in [6, 6.07) is 5.70. The molecule has 0 aliphatic rings. The zero-order valence-electron chi connectivity index (χ0n) is 13.7. The second-order valence-electron chi connectivity index (χ2n) is 4.64. The minimum Gasteiger partial charge on any atom is -0.502 e. The average molecular weight is 394 g/mol. The van der Waals surface area contributed by atoms with Gasteiger partial charge in [-0.15, -0.1) is 0 Å². The van der Waals surface area contributed by atoms with E-state index in [9.17, 15) is 40.5 Å². The van der Waals surface area contributed by atoms with Crippen LogP contribution in [0.2, 0.25) is 0 Å². The van der Waals surface area contributed by atoms with Crippen LogP contribution in [-0.2, 0) is 0 Å². The average Bonchev–Trinajstić information content (AvgIpc) is 2.62. The quantitative estimate of drug-likeness (QED) is 0.430. The van der Waals surface area contributed by atoms with E-state index >= 15 is 0 Å². The SMILES string of the molecule is C=COc1ccc([N+](=O)[O-])cc1[N+](=O)[O-].O=[N+]([O-])c1ccc(O)c([N+](=O)[O-])c1. The number of ether oxygens (including phenoxy) is 1. The van der Waals surface area contributed by atoms with Gasteiger partial charge < -0.3 is 9.84 Å². The second kappa shape index (κ2) is 9.18. The molecule has 0 saturated carbocycles. The lowest BCUT2D eigenvalue weighted by Crippen LogP contribution is -1.95. The van der Waals surface area contributed by atoms with Gasteiger partial charge in [-0.2, -0.15) is 0 Å². The first-order valence-corrected chi connectivity index (χ1v) is 6.90. The first-order chi connectivity index (χ1) is 13.1. The van der Waals surface area contributed by atoms with E-state index in [-0.39, 0.29) is 11.4 Å². The molecule has 0 radical (unpaired) electrons. The number of rotatable bonds is 6. The molecule has 0 atom stereocenters. The Hall–Kier alpha value is -4.62. The van der Waals surface area contributed by atoms with Crippen LogP contribution < -0.4 is 4.74 Å². The van der Waals surface area contributed by atoms with Crippen molar-refractivity contribution in [3.05, 3.63) is 89.7 Å². The Morgan fingerprint density at radius 2 is 1.25 bits per heavy atom. The fourth-order valence-corrected chi connectivity index (χ4v) is 1.72. The number of benzene rings is 2. The number of phenolic OH excluding ortho intramolecular Hbond substituents is 1. The fourth-order valence-electron chi connectivity index (χ4n) is 1.72. The van der Waals surface area contributed by atoms with Crippen LogP contribution in [0.5, 0.6) is 11.5 Å². The van der Waals surface area contributed by atoms with Crippen LogP contribution in [0.3, 0.4) is 0 Å². The number of aromatic hydroxyl groups is 1. The molecular formula is C14H10N4O10. The smallest absolute Gasteiger partial charge is 0.318 e. The van der Waals surface area contributed by atoms with Gasteiger partial charge in [-0.3, -0.25) is 40.5 Å². The molecule has 0 aliphatic carbocycles. The predicted molar refractivity (Wildman–Crippen MR) is 92.0 cm³/mol. The molecule has 146 valence electrons. The minimum atomic E-state index is -0.887. The first-order valence-electron chi connectivity index (χ1n) is 6.90. The molecule has 0 aliphatic heterocycles. The second-order valence-corrected chi connectivity index (χ2v) is 4.64. The lowest BCUT2D eigenvalue weighted by atomic mass is 10.2. The Morgan fingerprint density at radius 3 is 1.68 bits per heavy atom. The number of nitro benzene ring substituents is 4. The van der Waals surface area contributed by atoms with E-state index < -0.39 is 42.5 Å². The van der Waals surface area contributed by atoms with E-state index in [1.807, 2.05) is 0 Å². The maximum absolute atomic E-state index is 10.5. The Morgan fingerprint density at radius 1 is 0.786 bits per heavy atom. The van der Waals surface area contributed by atoms with Gasteiger partial charge in [0.05, 0.1) is 38.1 Å². The van der Waals surface area contributed by atoms with Crippen molar-refractivity contribution in [1.82, 2.24) is 0 Å². The lowest BCUT2D eigenvalue weighted by Gasteiger charge is -2.00. The van der Waals surface area contributed by atoms with Crippen LogP contribution in [0, 0.1) is 40.5 Å². The van der Waals surface area contributed by atoms with Crippen LogP contribution in [0.25, 0.3) is 0 Å². The molecule has 0 unspecified atom stereocenters. The highest BCUT2D eigenvalue weighted by atomic mass is 16.6. The van der Waals surface area contributed by atoms with Gasteiger partial charge in [0.25, 0.3) is 11.4 Å². The molecule has 14 nitrogen and oxygen atoms in total. The molecule has 14 heteroatoms. The summed E-state index contributed by atoms with van der Waals surface area (Å²) >= 11 is 0. The fraction of sp³-hybridized carbons (Fsp3) is 0. The summed E-state index contributed by atoms with van der Waals surface area (Å²) in [6.45, 7) is 3.24. The number of nitrogens with zero attached hydrogens (tertiary/aromatic N) is 4. The van der Waals surface area contributed by atoms with Gasteiger partial charge in [-0.1, -0.05) is 6.58 Å². The molecule has 2 aromatic rings. The molecular weight excluding hydrogens is 384 g/mol. The maximum Gasteiger partial charge on any atom is 0.318 e. The van der Waals surface area contributed by atoms with Crippen LogP contribution in [0.4, 0.5) is 22.7 Å². The van der Waals surface area contributed by atoms with Crippen LogP contribution >= 0.6 is 0 Å². The van der Waals surface area contributed by atoms with E-state index in [0.717, 1.165) is 36.6 Å². The monoisotopic (exact) mass is 394 g/mol. The van der Waals surface area contributed by atoms with Gasteiger partial charge in [-0.05, 0) is 12.1 Å². The summed E-state index contributed by atoms with van der Waals surface area (Å²) in [7, 11) is 0. The molecule has 2 rings (SSSR count). The summed E-state index contributed by atoms with van der Waals surface area (Å²) in [4.78, 5) is 38.2. The van der Waals surface area contributed by atoms with Crippen molar-refractivity contribution in [1.29, 1.82) is 0 Å². The normalized spacial score (nSPS) is 9.43. The molecule has 0 heterocycles. The third-order valence-corrected chi connectivity index (χ3v) is 2.93. The Balaban J connectivity index is 0.000000283. The van der Waals surface area contributed by atoms with Crippen LogP contribution in [0.1, 0.15) is 0 Å². The number of hydrogen-bond acceptors (Lipinski definition) is 10. The van der Waals surface area contributed by atoms with Crippen molar-refractivity contribution >= 4 is 22.7 Å². The summed E-state index contributed by atoms with van der Waals surface area (Å²) in [5.41, 5.74) is -1.93. The summed E-state index contributed by atoms with van der Waals surface area (Å²) in [5.74, 6) is -0.670. The summed E-state index contributed by atoms with van der Waals surface area (Å²) in [6.07, 6.45) is 1.01. The van der Waals surface area contributed by atoms with Crippen molar-refractivity contribution in [2.45, 2.75) is 0 Å². The van der Waals surface area contributed by atoms with Crippen molar-refractivity contribution in [2.24, 2.45) is 0 Å². The van der Waals surface area contributed by atoms with E-state index in [2.05, 4.69) is 6.58 Å². The number of non-ortho nitro benzene ring substituents is 2. The van der Waals surface area contributed by atoms with Crippen molar-refractivity contribution in [3.8, 4) is 11.5 Å². The summed E-state index contributed by atoms with van der Waals surface area (Å²) in [5, 5.41) is 50.2. The predicted octanol–water partition coefficient (Wildman–Crippen LogP) is 3.23. The third kappa shape index (κ3) is 5.45. The highest BCUT2D eigenvalue weighted by Gasteiger charge is 2.20. The summed E-state index contributed by atoms with van der Waals surface area (Å²) < 4.78 is 4.73. The van der Waals surface area contributed by atoms with Gasteiger partial charge in [0, 0.05) is 12.1 Å². The largest absolute Gasteiger partial charge is 0.502 e. The van der Waals surface area contributed by atoms with Crippen LogP contribution in [-0.4, -0.2) is 24.8 Å². The third-order valence-electron chi connectivity index (χ3n) is 2.93. The Labute approximate surface area is 154 Å². The zero-order chi connectivity index (χ0) is 21.4. The van der Waals surface area contributed by atoms with Gasteiger partial charge in [0.15, 0.2) is 5.75 Å². The van der Waals surface area contributed by atoms with E-state index in [1.54, 1.807) is 0 Å². The molecule has 0 bridgehead atoms. The highest BCUT2D eigenvalue weighted by molar-refractivity contribution is 5.54. The molecule has 1 N–H and O–H groups in total. The lowest BCUT2D eigenvalue weighted by molar-refractivity contribution is -0.395. The minimum absolute atomic E-state index is 0.0828. The molecule has 0 fully saturated rings. The maximum atomic E-state index is 10.5. The van der Waals surface area contributed by atoms with E-state index in [1.165, 1.54) is 0 Å².